The molecule has 5 rings (SSSR count). The number of methoxy groups -OCH3 is 1. The molecule has 1 aliphatic heterocycles. The monoisotopic (exact) mass is 498 g/mol. The fourth-order valence-corrected chi connectivity index (χ4v) is 4.79. The summed E-state index contributed by atoms with van der Waals surface area (Å²) in [5.41, 5.74) is 1.17. The molecule has 0 atom stereocenters. The van der Waals surface area contributed by atoms with E-state index in [2.05, 4.69) is 10.3 Å². The number of nitrogens with one attached hydrogen (secondary N) is 1. The molecule has 0 spiro atoms. The maximum Gasteiger partial charge on any atom is 0.238 e. The van der Waals surface area contributed by atoms with Crippen molar-refractivity contribution >= 4 is 33.0 Å². The van der Waals surface area contributed by atoms with Crippen LogP contribution < -0.4 is 19.5 Å². The van der Waals surface area contributed by atoms with Crippen LogP contribution in [0.15, 0.2) is 81.1 Å². The number of fused-ring (bicyclic) bond motifs is 1. The first-order valence-corrected chi connectivity index (χ1v) is 12.1. The van der Waals surface area contributed by atoms with E-state index in [1.807, 2.05) is 0 Å². The Morgan fingerprint density at radius 2 is 1.65 bits per heavy atom. The molecule has 34 heavy (non-hydrogen) atoms. The van der Waals surface area contributed by atoms with Gasteiger partial charge in [-0.3, -0.25) is 0 Å². The van der Waals surface area contributed by atoms with Gasteiger partial charge in [0.05, 0.1) is 12.0 Å². The molecule has 3 aromatic carbocycles. The Bertz CT molecular complexity index is 1430. The number of sulfone groups is 1. The van der Waals surface area contributed by atoms with E-state index in [-0.39, 0.29) is 21.7 Å². The van der Waals surface area contributed by atoms with Crippen LogP contribution in [-0.2, 0) is 9.84 Å². The summed E-state index contributed by atoms with van der Waals surface area (Å²) in [6.07, 6.45) is 0. The summed E-state index contributed by atoms with van der Waals surface area (Å²) < 4.78 is 49.4. The van der Waals surface area contributed by atoms with E-state index in [0.717, 1.165) is 0 Å². The minimum absolute atomic E-state index is 0.00508. The third-order valence-corrected chi connectivity index (χ3v) is 7.03. The van der Waals surface area contributed by atoms with E-state index in [0.29, 0.717) is 46.7 Å². The van der Waals surface area contributed by atoms with E-state index in [1.54, 1.807) is 61.7 Å². The predicted octanol–water partition coefficient (Wildman–Crippen LogP) is 5.35. The lowest BCUT2D eigenvalue weighted by Gasteiger charge is -2.18. The highest BCUT2D eigenvalue weighted by Gasteiger charge is 2.30. The topological polar surface area (TPSA) is 99.9 Å². The van der Waals surface area contributed by atoms with Gasteiger partial charge in [0.1, 0.15) is 19.0 Å². The van der Waals surface area contributed by atoms with Gasteiger partial charge >= 0.3 is 0 Å². The zero-order valence-corrected chi connectivity index (χ0v) is 19.5. The highest BCUT2D eigenvalue weighted by Crippen LogP contribution is 2.38. The molecule has 1 aromatic heterocycles. The van der Waals surface area contributed by atoms with Crippen LogP contribution in [0, 0.1) is 0 Å². The van der Waals surface area contributed by atoms with E-state index >= 15 is 0 Å². The van der Waals surface area contributed by atoms with Crippen LogP contribution in [0.25, 0.3) is 11.5 Å². The third kappa shape index (κ3) is 4.27. The summed E-state index contributed by atoms with van der Waals surface area (Å²) in [5.74, 6) is 1.62. The first-order valence-electron chi connectivity index (χ1n) is 10.3. The first-order chi connectivity index (χ1) is 16.4. The maximum absolute atomic E-state index is 13.6. The van der Waals surface area contributed by atoms with Crippen molar-refractivity contribution in [3.05, 3.63) is 71.8 Å². The number of ether oxygens (including phenoxy) is 3. The molecule has 0 amide bonds. The fraction of sp³-hybridized carbons (Fsp3) is 0.125. The number of benzene rings is 3. The maximum atomic E-state index is 13.6. The SMILES string of the molecule is COc1ccc(Nc2oc(-c3ccc(Cl)cc3)nc2S(=O)(=O)c2ccc3c(c2)OCCO3)cc1. The quantitative estimate of drug-likeness (QED) is 0.379. The second-order valence-electron chi connectivity index (χ2n) is 7.32. The van der Waals surface area contributed by atoms with Crippen molar-refractivity contribution in [1.29, 1.82) is 0 Å². The number of nitrogens with zero attached hydrogens (tertiary/aromatic N) is 1. The highest BCUT2D eigenvalue weighted by molar-refractivity contribution is 7.91. The van der Waals surface area contributed by atoms with Gasteiger partial charge in [-0.2, -0.15) is 4.98 Å². The Morgan fingerprint density at radius 3 is 2.35 bits per heavy atom. The van der Waals surface area contributed by atoms with E-state index in [4.69, 9.17) is 30.2 Å². The molecule has 1 N–H and O–H groups in total. The fourth-order valence-electron chi connectivity index (χ4n) is 3.39. The smallest absolute Gasteiger partial charge is 0.238 e. The molecule has 0 radical (unpaired) electrons. The standard InChI is InChI=1S/C24H19ClN2O6S/c1-30-18-8-6-17(7-9-18)26-23-24(27-22(33-23)15-2-4-16(25)5-3-15)34(28,29)19-10-11-20-21(14-19)32-13-12-31-20/h2-11,14,26H,12-13H2,1H3. The Kier molecular flexibility index (Phi) is 5.80. The van der Waals surface area contributed by atoms with Crippen molar-refractivity contribution in [3.8, 4) is 28.7 Å². The summed E-state index contributed by atoms with van der Waals surface area (Å²) in [6, 6.07) is 18.2. The predicted molar refractivity (Wildman–Crippen MR) is 126 cm³/mol. The summed E-state index contributed by atoms with van der Waals surface area (Å²) in [6.45, 7) is 0.744. The molecule has 2 heterocycles. The van der Waals surface area contributed by atoms with Crippen LogP contribution >= 0.6 is 11.6 Å². The molecule has 0 saturated heterocycles. The molecule has 0 unspecified atom stereocenters. The number of hydrogen-bond donors (Lipinski definition) is 1. The first kappa shape index (κ1) is 22.1. The van der Waals surface area contributed by atoms with E-state index < -0.39 is 9.84 Å². The number of hydrogen-bond acceptors (Lipinski definition) is 8. The lowest BCUT2D eigenvalue weighted by Crippen LogP contribution is -2.16. The molecule has 174 valence electrons. The van der Waals surface area contributed by atoms with Crippen molar-refractivity contribution in [3.63, 3.8) is 0 Å². The van der Waals surface area contributed by atoms with Crippen molar-refractivity contribution in [2.24, 2.45) is 0 Å². The van der Waals surface area contributed by atoms with Crippen LogP contribution in [-0.4, -0.2) is 33.7 Å². The second kappa shape index (κ2) is 8.92. The van der Waals surface area contributed by atoms with Crippen LogP contribution in [0.2, 0.25) is 5.02 Å². The third-order valence-electron chi connectivity index (χ3n) is 5.11. The van der Waals surface area contributed by atoms with Gasteiger partial charge in [0, 0.05) is 22.3 Å². The minimum atomic E-state index is -4.09. The lowest BCUT2D eigenvalue weighted by atomic mass is 10.2. The van der Waals surface area contributed by atoms with Gasteiger partial charge < -0.3 is 23.9 Å². The summed E-state index contributed by atoms with van der Waals surface area (Å²) >= 11 is 5.99. The Labute approximate surface area is 201 Å². The van der Waals surface area contributed by atoms with Gasteiger partial charge in [0.25, 0.3) is 0 Å². The molecular weight excluding hydrogens is 480 g/mol. The van der Waals surface area contributed by atoms with Gasteiger partial charge in [-0.25, -0.2) is 8.42 Å². The molecule has 0 fully saturated rings. The Hall–Kier alpha value is -3.69. The van der Waals surface area contributed by atoms with Gasteiger partial charge in [-0.15, -0.1) is 0 Å². The highest BCUT2D eigenvalue weighted by atomic mass is 35.5. The summed E-state index contributed by atoms with van der Waals surface area (Å²) in [5, 5.41) is 3.30. The molecule has 4 aromatic rings. The average Bonchev–Trinajstić information content (AvgIpc) is 3.29. The Balaban J connectivity index is 1.59. The largest absolute Gasteiger partial charge is 0.497 e. The molecule has 8 nitrogen and oxygen atoms in total. The molecule has 10 heteroatoms. The molecule has 0 saturated carbocycles. The number of anilines is 2. The molecular formula is C24H19ClN2O6S. The zero-order chi connectivity index (χ0) is 23.7. The van der Waals surface area contributed by atoms with Gasteiger partial charge in [0.2, 0.25) is 26.6 Å². The number of rotatable bonds is 6. The van der Waals surface area contributed by atoms with E-state index in [9.17, 15) is 8.42 Å². The van der Waals surface area contributed by atoms with Gasteiger partial charge in [-0.1, -0.05) is 11.6 Å². The van der Waals surface area contributed by atoms with Crippen LogP contribution in [0.4, 0.5) is 11.6 Å². The number of aromatic nitrogens is 1. The van der Waals surface area contributed by atoms with Crippen LogP contribution in [0.1, 0.15) is 0 Å². The second-order valence-corrected chi connectivity index (χ2v) is 9.62. The van der Waals surface area contributed by atoms with Crippen LogP contribution in [0.5, 0.6) is 17.2 Å². The van der Waals surface area contributed by atoms with Crippen molar-refractivity contribution in [2.45, 2.75) is 9.92 Å². The molecule has 1 aliphatic rings. The van der Waals surface area contributed by atoms with Crippen molar-refractivity contribution in [1.82, 2.24) is 4.98 Å². The molecule has 0 bridgehead atoms. The lowest BCUT2D eigenvalue weighted by molar-refractivity contribution is 0.171. The van der Waals surface area contributed by atoms with Gasteiger partial charge in [0.15, 0.2) is 11.5 Å². The minimum Gasteiger partial charge on any atom is -0.497 e. The number of oxazole rings is 1. The number of halogens is 1. The van der Waals surface area contributed by atoms with Crippen LogP contribution in [0.3, 0.4) is 0 Å². The molecule has 0 aliphatic carbocycles. The Morgan fingerprint density at radius 1 is 0.941 bits per heavy atom. The van der Waals surface area contributed by atoms with Gasteiger partial charge in [-0.05, 0) is 60.7 Å². The zero-order valence-electron chi connectivity index (χ0n) is 17.9. The van der Waals surface area contributed by atoms with Crippen molar-refractivity contribution < 1.29 is 27.0 Å². The normalized spacial score (nSPS) is 12.9. The van der Waals surface area contributed by atoms with E-state index in [1.165, 1.54) is 12.1 Å². The average molecular weight is 499 g/mol. The summed E-state index contributed by atoms with van der Waals surface area (Å²) in [7, 11) is -2.52. The van der Waals surface area contributed by atoms with Crippen molar-refractivity contribution in [2.75, 3.05) is 25.6 Å². The summed E-state index contributed by atoms with van der Waals surface area (Å²) in [4.78, 5) is 4.35.